The maximum Gasteiger partial charge on any atom is 0.248 e. The van der Waals surface area contributed by atoms with Gasteiger partial charge in [0.2, 0.25) is 11.9 Å². The number of nitrogens with two attached hydrogens (primary N) is 1. The van der Waals surface area contributed by atoms with Crippen molar-refractivity contribution in [2.24, 2.45) is 0 Å². The number of hydrogen-bond donors (Lipinski definition) is 3. The highest BCUT2D eigenvalue weighted by Crippen LogP contribution is 2.30. The van der Waals surface area contributed by atoms with Gasteiger partial charge in [-0.1, -0.05) is 0 Å². The second-order valence-corrected chi connectivity index (χ2v) is 4.89. The molecule has 6 nitrogen and oxygen atoms in total. The lowest BCUT2D eigenvalue weighted by molar-refractivity contribution is 1.10. The van der Waals surface area contributed by atoms with Gasteiger partial charge in [-0.15, -0.1) is 5.10 Å². The number of aryl methyl sites for hydroxylation is 2. The van der Waals surface area contributed by atoms with E-state index in [2.05, 4.69) is 51.5 Å². The molecule has 3 rings (SSSR count). The van der Waals surface area contributed by atoms with Crippen LogP contribution < -0.4 is 11.1 Å². The summed E-state index contributed by atoms with van der Waals surface area (Å²) < 4.78 is 0. The predicted molar refractivity (Wildman–Crippen MR) is 83.2 cm³/mol. The first-order valence-corrected chi connectivity index (χ1v) is 6.60. The Labute approximate surface area is 122 Å². The molecule has 0 radical (unpaired) electrons. The zero-order valence-electron chi connectivity index (χ0n) is 11.9. The van der Waals surface area contributed by atoms with Crippen LogP contribution in [-0.4, -0.2) is 20.2 Å². The molecule has 21 heavy (non-hydrogen) atoms. The molecule has 0 aliphatic heterocycles. The van der Waals surface area contributed by atoms with Crippen LogP contribution in [-0.2, 0) is 0 Å². The van der Waals surface area contributed by atoms with Crippen LogP contribution in [0.3, 0.4) is 0 Å². The molecule has 0 unspecified atom stereocenters. The zero-order chi connectivity index (χ0) is 14.8. The van der Waals surface area contributed by atoms with Gasteiger partial charge in [0, 0.05) is 18.1 Å². The Hall–Kier alpha value is -2.89. The smallest absolute Gasteiger partial charge is 0.248 e. The van der Waals surface area contributed by atoms with Gasteiger partial charge in [0.1, 0.15) is 0 Å². The standard InChI is InChI=1S/C15H16N6/c1-9-7-12(18-15-19-14(16)20-21-15)8-10(2)13(9)11-3-5-17-6-4-11/h3-8H,1-2H3,(H4,16,18,19,20,21). The molecule has 3 aromatic rings. The molecule has 2 aromatic heterocycles. The van der Waals surface area contributed by atoms with Crippen molar-refractivity contribution in [3.05, 3.63) is 47.8 Å². The van der Waals surface area contributed by atoms with Gasteiger partial charge in [-0.3, -0.25) is 4.98 Å². The van der Waals surface area contributed by atoms with Crippen LogP contribution in [0.4, 0.5) is 17.6 Å². The minimum atomic E-state index is 0.291. The predicted octanol–water partition coefficient (Wildman–Crippen LogP) is 2.81. The Bertz CT molecular complexity index is 740. The van der Waals surface area contributed by atoms with E-state index in [0.29, 0.717) is 11.9 Å². The number of H-pyrrole nitrogens is 1. The SMILES string of the molecule is Cc1cc(Nc2n[nH]c(N)n2)cc(C)c1-c1ccncc1. The lowest BCUT2D eigenvalue weighted by Crippen LogP contribution is -1.96. The second kappa shape index (κ2) is 5.24. The van der Waals surface area contributed by atoms with Crippen molar-refractivity contribution in [2.75, 3.05) is 11.1 Å². The van der Waals surface area contributed by atoms with Crippen LogP contribution in [0.5, 0.6) is 0 Å². The van der Waals surface area contributed by atoms with Crippen molar-refractivity contribution >= 4 is 17.6 Å². The largest absolute Gasteiger partial charge is 0.368 e. The second-order valence-electron chi connectivity index (χ2n) is 4.89. The van der Waals surface area contributed by atoms with Gasteiger partial charge in [-0.25, -0.2) is 5.10 Å². The van der Waals surface area contributed by atoms with Crippen molar-refractivity contribution in [3.63, 3.8) is 0 Å². The van der Waals surface area contributed by atoms with E-state index in [0.717, 1.165) is 11.3 Å². The average Bonchev–Trinajstić information content (AvgIpc) is 2.84. The molecule has 0 aliphatic carbocycles. The Morgan fingerprint density at radius 3 is 2.33 bits per heavy atom. The van der Waals surface area contributed by atoms with E-state index in [9.17, 15) is 0 Å². The fourth-order valence-electron chi connectivity index (χ4n) is 2.47. The molecule has 0 atom stereocenters. The number of benzene rings is 1. The number of aromatic amines is 1. The maximum absolute atomic E-state index is 5.52. The minimum absolute atomic E-state index is 0.291. The summed E-state index contributed by atoms with van der Waals surface area (Å²) in [5.74, 6) is 0.752. The van der Waals surface area contributed by atoms with E-state index in [1.807, 2.05) is 12.1 Å². The lowest BCUT2D eigenvalue weighted by Gasteiger charge is -2.13. The fraction of sp³-hybridized carbons (Fsp3) is 0.133. The number of rotatable bonds is 3. The molecule has 1 aromatic carbocycles. The Kier molecular flexibility index (Phi) is 3.27. The number of pyridine rings is 1. The molecule has 0 amide bonds. The number of nitrogens with zero attached hydrogens (tertiary/aromatic N) is 3. The van der Waals surface area contributed by atoms with Crippen LogP contribution >= 0.6 is 0 Å². The molecule has 6 heteroatoms. The summed E-state index contributed by atoms with van der Waals surface area (Å²) >= 11 is 0. The fourth-order valence-corrected chi connectivity index (χ4v) is 2.47. The summed E-state index contributed by atoms with van der Waals surface area (Å²) in [5, 5.41) is 9.71. The van der Waals surface area contributed by atoms with Gasteiger partial charge in [-0.2, -0.15) is 4.98 Å². The normalized spacial score (nSPS) is 10.6. The molecule has 0 saturated heterocycles. The van der Waals surface area contributed by atoms with Gasteiger partial charge in [-0.05, 0) is 60.4 Å². The first kappa shape index (κ1) is 13.1. The van der Waals surface area contributed by atoms with Crippen molar-refractivity contribution < 1.29 is 0 Å². The number of anilines is 3. The van der Waals surface area contributed by atoms with Crippen molar-refractivity contribution in [3.8, 4) is 11.1 Å². The summed E-state index contributed by atoms with van der Waals surface area (Å²) in [4.78, 5) is 8.10. The van der Waals surface area contributed by atoms with Crippen molar-refractivity contribution in [1.82, 2.24) is 20.2 Å². The van der Waals surface area contributed by atoms with Gasteiger partial charge in [0.25, 0.3) is 0 Å². The highest BCUT2D eigenvalue weighted by atomic mass is 15.3. The van der Waals surface area contributed by atoms with Gasteiger partial charge in [0.05, 0.1) is 0 Å². The third-order valence-electron chi connectivity index (χ3n) is 3.26. The summed E-state index contributed by atoms with van der Waals surface area (Å²) in [7, 11) is 0. The highest BCUT2D eigenvalue weighted by molar-refractivity contribution is 5.74. The first-order chi connectivity index (χ1) is 10.1. The Balaban J connectivity index is 1.96. The monoisotopic (exact) mass is 280 g/mol. The molecule has 2 heterocycles. The molecule has 0 aliphatic rings. The topological polar surface area (TPSA) is 92.5 Å². The van der Waals surface area contributed by atoms with Crippen LogP contribution in [0, 0.1) is 13.8 Å². The summed E-state index contributed by atoms with van der Waals surface area (Å²) in [6.45, 7) is 4.17. The van der Waals surface area contributed by atoms with Crippen LogP contribution in [0.15, 0.2) is 36.7 Å². The third kappa shape index (κ3) is 2.69. The Morgan fingerprint density at radius 1 is 1.10 bits per heavy atom. The molecule has 0 bridgehead atoms. The van der Waals surface area contributed by atoms with Crippen molar-refractivity contribution in [2.45, 2.75) is 13.8 Å². The quantitative estimate of drug-likeness (QED) is 0.686. The molecule has 106 valence electrons. The van der Waals surface area contributed by atoms with Gasteiger partial charge >= 0.3 is 0 Å². The summed E-state index contributed by atoms with van der Waals surface area (Å²) in [5.41, 5.74) is 11.2. The maximum atomic E-state index is 5.52. The van der Waals surface area contributed by atoms with Crippen LogP contribution in [0.25, 0.3) is 11.1 Å². The summed E-state index contributed by atoms with van der Waals surface area (Å²) in [6.07, 6.45) is 3.60. The number of hydrogen-bond acceptors (Lipinski definition) is 5. The van der Waals surface area contributed by atoms with E-state index in [1.165, 1.54) is 16.7 Å². The van der Waals surface area contributed by atoms with Crippen LogP contribution in [0.2, 0.25) is 0 Å². The molecular weight excluding hydrogens is 264 g/mol. The van der Waals surface area contributed by atoms with E-state index in [-0.39, 0.29) is 0 Å². The number of nitrogens with one attached hydrogen (secondary N) is 2. The lowest BCUT2D eigenvalue weighted by atomic mass is 9.96. The van der Waals surface area contributed by atoms with Crippen molar-refractivity contribution in [1.29, 1.82) is 0 Å². The van der Waals surface area contributed by atoms with Gasteiger partial charge in [0.15, 0.2) is 0 Å². The van der Waals surface area contributed by atoms with Gasteiger partial charge < -0.3 is 11.1 Å². The van der Waals surface area contributed by atoms with E-state index in [1.54, 1.807) is 12.4 Å². The Morgan fingerprint density at radius 2 is 1.76 bits per heavy atom. The van der Waals surface area contributed by atoms with E-state index in [4.69, 9.17) is 5.73 Å². The van der Waals surface area contributed by atoms with E-state index < -0.39 is 0 Å². The zero-order valence-corrected chi connectivity index (χ0v) is 11.9. The first-order valence-electron chi connectivity index (χ1n) is 6.60. The van der Waals surface area contributed by atoms with Crippen LogP contribution in [0.1, 0.15) is 11.1 Å². The highest BCUT2D eigenvalue weighted by Gasteiger charge is 2.09. The molecule has 0 spiro atoms. The third-order valence-corrected chi connectivity index (χ3v) is 3.26. The molecule has 0 fully saturated rings. The minimum Gasteiger partial charge on any atom is -0.368 e. The molecular formula is C15H16N6. The summed E-state index contributed by atoms with van der Waals surface area (Å²) in [6, 6.07) is 8.15. The van der Waals surface area contributed by atoms with E-state index >= 15 is 0 Å². The number of aromatic nitrogens is 4. The number of nitrogen functional groups attached to an aromatic ring is 1. The molecule has 0 saturated carbocycles. The molecule has 4 N–H and O–H groups in total. The average molecular weight is 280 g/mol.